The van der Waals surface area contributed by atoms with Gasteiger partial charge < -0.3 is 0 Å². The molecule has 0 heterocycles. The first-order valence-corrected chi connectivity index (χ1v) is 4.65. The Bertz CT molecular complexity index is 343. The second-order valence-electron chi connectivity index (χ2n) is 1.95. The molecule has 0 aromatic heterocycles. The maximum Gasteiger partial charge on any atom is 0.284 e. The molecular formula is C6H2Cl2INO2. The smallest absolute Gasteiger partial charge is 0.258 e. The number of nitro benzene ring substituents is 1. The van der Waals surface area contributed by atoms with E-state index in [0.717, 1.165) is 0 Å². The average molecular weight is 318 g/mol. The van der Waals surface area contributed by atoms with Gasteiger partial charge in [-0.1, -0.05) is 23.2 Å². The number of hydrogen-bond acceptors (Lipinski definition) is 2. The molecule has 0 amide bonds. The van der Waals surface area contributed by atoms with Crippen molar-refractivity contribution in [1.82, 2.24) is 0 Å². The third-order valence-corrected chi connectivity index (χ3v) is 3.43. The Morgan fingerprint density at radius 3 is 2.50 bits per heavy atom. The molecule has 0 atom stereocenters. The van der Waals surface area contributed by atoms with Gasteiger partial charge in [-0.3, -0.25) is 10.1 Å². The van der Waals surface area contributed by atoms with Gasteiger partial charge >= 0.3 is 0 Å². The Balaban J connectivity index is 3.36. The topological polar surface area (TPSA) is 43.1 Å². The zero-order valence-electron chi connectivity index (χ0n) is 5.55. The zero-order valence-corrected chi connectivity index (χ0v) is 9.22. The molecule has 0 saturated heterocycles. The SMILES string of the molecule is O=[N+]([O-])c1ccc(Cl)c(Cl)c1I. The van der Waals surface area contributed by atoms with Crippen LogP contribution in [0.1, 0.15) is 0 Å². The van der Waals surface area contributed by atoms with E-state index in [4.69, 9.17) is 23.2 Å². The van der Waals surface area contributed by atoms with Gasteiger partial charge in [0, 0.05) is 6.07 Å². The van der Waals surface area contributed by atoms with Crippen molar-refractivity contribution < 1.29 is 4.92 Å². The van der Waals surface area contributed by atoms with Crippen LogP contribution >= 0.6 is 45.8 Å². The standard InChI is InChI=1S/C6H2Cl2INO2/c7-3-1-2-4(10(11)12)6(9)5(3)8/h1-2H. The van der Waals surface area contributed by atoms with E-state index in [1.807, 2.05) is 0 Å². The first kappa shape index (κ1) is 10.0. The van der Waals surface area contributed by atoms with E-state index in [9.17, 15) is 10.1 Å². The quantitative estimate of drug-likeness (QED) is 0.344. The fourth-order valence-electron chi connectivity index (χ4n) is 0.657. The van der Waals surface area contributed by atoms with Crippen LogP contribution in [0.15, 0.2) is 12.1 Å². The molecule has 64 valence electrons. The van der Waals surface area contributed by atoms with Crippen molar-refractivity contribution in [3.8, 4) is 0 Å². The second kappa shape index (κ2) is 3.76. The Hall–Kier alpha value is -0.0700. The molecule has 0 spiro atoms. The predicted octanol–water partition coefficient (Wildman–Crippen LogP) is 3.51. The molecule has 0 unspecified atom stereocenters. The van der Waals surface area contributed by atoms with Crippen molar-refractivity contribution in [3.05, 3.63) is 35.9 Å². The van der Waals surface area contributed by atoms with Crippen LogP contribution in [0.4, 0.5) is 5.69 Å². The lowest BCUT2D eigenvalue weighted by Crippen LogP contribution is -1.91. The minimum Gasteiger partial charge on any atom is -0.258 e. The molecular weight excluding hydrogens is 316 g/mol. The van der Waals surface area contributed by atoms with Crippen LogP contribution < -0.4 is 0 Å². The number of rotatable bonds is 1. The van der Waals surface area contributed by atoms with Gasteiger partial charge in [0.25, 0.3) is 5.69 Å². The maximum absolute atomic E-state index is 10.4. The lowest BCUT2D eigenvalue weighted by Gasteiger charge is -1.98. The summed E-state index contributed by atoms with van der Waals surface area (Å²) in [5.41, 5.74) is -0.0231. The van der Waals surface area contributed by atoms with E-state index in [0.29, 0.717) is 8.59 Å². The molecule has 0 bridgehead atoms. The van der Waals surface area contributed by atoms with E-state index in [1.165, 1.54) is 12.1 Å². The van der Waals surface area contributed by atoms with Gasteiger partial charge in [-0.05, 0) is 28.7 Å². The molecule has 0 radical (unpaired) electrons. The minimum atomic E-state index is -0.496. The van der Waals surface area contributed by atoms with Crippen LogP contribution in [0.5, 0.6) is 0 Å². The molecule has 0 aliphatic carbocycles. The predicted molar refractivity (Wildman–Crippen MR) is 55.8 cm³/mol. The van der Waals surface area contributed by atoms with Crippen LogP contribution in [-0.4, -0.2) is 4.92 Å². The summed E-state index contributed by atoms with van der Waals surface area (Å²) in [6.45, 7) is 0. The third-order valence-electron chi connectivity index (χ3n) is 1.21. The number of benzene rings is 1. The van der Waals surface area contributed by atoms with Crippen molar-refractivity contribution in [2.24, 2.45) is 0 Å². The van der Waals surface area contributed by atoms with Gasteiger partial charge in [-0.2, -0.15) is 0 Å². The van der Waals surface area contributed by atoms with Crippen LogP contribution in [0.25, 0.3) is 0 Å². The fourth-order valence-corrected chi connectivity index (χ4v) is 1.80. The molecule has 1 aromatic carbocycles. The van der Waals surface area contributed by atoms with Crippen molar-refractivity contribution in [1.29, 1.82) is 0 Å². The molecule has 0 N–H and O–H groups in total. The summed E-state index contributed by atoms with van der Waals surface area (Å²) in [5, 5.41) is 10.9. The molecule has 0 fully saturated rings. The normalized spacial score (nSPS) is 9.92. The third kappa shape index (κ3) is 1.81. The van der Waals surface area contributed by atoms with Gasteiger partial charge in [-0.25, -0.2) is 0 Å². The van der Waals surface area contributed by atoms with Crippen LogP contribution in [0.2, 0.25) is 10.0 Å². The lowest BCUT2D eigenvalue weighted by molar-refractivity contribution is -0.385. The number of nitro groups is 1. The summed E-state index contributed by atoms with van der Waals surface area (Å²) in [7, 11) is 0. The summed E-state index contributed by atoms with van der Waals surface area (Å²) in [6, 6.07) is 2.74. The summed E-state index contributed by atoms with van der Waals surface area (Å²) in [4.78, 5) is 9.89. The van der Waals surface area contributed by atoms with Crippen LogP contribution in [0, 0.1) is 13.7 Å². The van der Waals surface area contributed by atoms with E-state index in [-0.39, 0.29) is 10.7 Å². The highest BCUT2D eigenvalue weighted by molar-refractivity contribution is 14.1. The van der Waals surface area contributed by atoms with Crippen molar-refractivity contribution in [2.45, 2.75) is 0 Å². The number of halogens is 3. The van der Waals surface area contributed by atoms with Gasteiger partial charge in [0.05, 0.1) is 15.0 Å². The molecule has 1 aromatic rings. The van der Waals surface area contributed by atoms with Crippen LogP contribution in [0.3, 0.4) is 0 Å². The first-order valence-electron chi connectivity index (χ1n) is 2.82. The molecule has 1 rings (SSSR count). The van der Waals surface area contributed by atoms with Gasteiger partial charge in [0.1, 0.15) is 3.57 Å². The molecule has 0 aliphatic rings. The molecule has 6 heteroatoms. The van der Waals surface area contributed by atoms with Crippen molar-refractivity contribution in [3.63, 3.8) is 0 Å². The summed E-state index contributed by atoms with van der Waals surface area (Å²) in [5.74, 6) is 0. The van der Waals surface area contributed by atoms with Crippen molar-refractivity contribution in [2.75, 3.05) is 0 Å². The second-order valence-corrected chi connectivity index (χ2v) is 3.82. The lowest BCUT2D eigenvalue weighted by atomic mass is 10.3. The van der Waals surface area contributed by atoms with Gasteiger partial charge in [-0.15, -0.1) is 0 Å². The highest BCUT2D eigenvalue weighted by atomic mass is 127. The average Bonchev–Trinajstić information content (AvgIpc) is 2.00. The van der Waals surface area contributed by atoms with E-state index >= 15 is 0 Å². The largest absolute Gasteiger partial charge is 0.284 e. The van der Waals surface area contributed by atoms with Gasteiger partial charge in [0.15, 0.2) is 0 Å². The van der Waals surface area contributed by atoms with E-state index in [2.05, 4.69) is 0 Å². The van der Waals surface area contributed by atoms with Gasteiger partial charge in [0.2, 0.25) is 0 Å². The number of hydrogen-bond donors (Lipinski definition) is 0. The van der Waals surface area contributed by atoms with Crippen molar-refractivity contribution >= 4 is 51.5 Å². The monoisotopic (exact) mass is 317 g/mol. The Labute approximate surface area is 92.0 Å². The Kier molecular flexibility index (Phi) is 3.14. The van der Waals surface area contributed by atoms with E-state index < -0.39 is 4.92 Å². The summed E-state index contributed by atoms with van der Waals surface area (Å²) >= 11 is 13.1. The first-order chi connectivity index (χ1) is 5.54. The Morgan fingerprint density at radius 2 is 2.00 bits per heavy atom. The van der Waals surface area contributed by atoms with E-state index in [1.54, 1.807) is 22.6 Å². The minimum absolute atomic E-state index is 0.0231. The molecule has 0 aliphatic heterocycles. The molecule has 3 nitrogen and oxygen atoms in total. The summed E-state index contributed by atoms with van der Waals surface area (Å²) in [6.07, 6.45) is 0. The fraction of sp³-hybridized carbons (Fsp3) is 0. The highest BCUT2D eigenvalue weighted by Crippen LogP contribution is 2.33. The maximum atomic E-state index is 10.4. The molecule has 0 saturated carbocycles. The Morgan fingerprint density at radius 1 is 1.42 bits per heavy atom. The number of nitrogens with zero attached hydrogens (tertiary/aromatic N) is 1. The van der Waals surface area contributed by atoms with Crippen LogP contribution in [-0.2, 0) is 0 Å². The highest BCUT2D eigenvalue weighted by Gasteiger charge is 2.16. The molecule has 12 heavy (non-hydrogen) atoms. The zero-order chi connectivity index (χ0) is 9.30. The summed E-state index contributed by atoms with van der Waals surface area (Å²) < 4.78 is 0.367.